The van der Waals surface area contributed by atoms with Gasteiger partial charge in [-0.2, -0.15) is 5.26 Å². The topological polar surface area (TPSA) is 56.1 Å². The molecule has 122 valence electrons. The molecular weight excluding hydrogens is 298 g/mol. The van der Waals surface area contributed by atoms with Gasteiger partial charge in [0, 0.05) is 25.5 Å². The van der Waals surface area contributed by atoms with E-state index in [2.05, 4.69) is 5.32 Å². The molecule has 0 aliphatic heterocycles. The van der Waals surface area contributed by atoms with Crippen LogP contribution in [-0.2, 0) is 11.3 Å². The van der Waals surface area contributed by atoms with Crippen LogP contribution in [-0.4, -0.2) is 17.9 Å². The van der Waals surface area contributed by atoms with E-state index in [0.717, 1.165) is 22.4 Å². The second-order valence-electron chi connectivity index (χ2n) is 5.83. The van der Waals surface area contributed by atoms with Gasteiger partial charge in [0.15, 0.2) is 0 Å². The SMILES string of the molecule is Cc1ccc(NC(=O)/C(C#N)=C\N(C)Cc2ccccc2)c(C)c1. The fourth-order valence-corrected chi connectivity index (χ4v) is 2.42. The highest BCUT2D eigenvalue weighted by Gasteiger charge is 2.12. The maximum absolute atomic E-state index is 12.3. The Bertz CT molecular complexity index is 788. The van der Waals surface area contributed by atoms with Gasteiger partial charge in [0.1, 0.15) is 11.6 Å². The number of nitriles is 1. The molecule has 0 unspecified atom stereocenters. The van der Waals surface area contributed by atoms with E-state index < -0.39 is 5.91 Å². The Morgan fingerprint density at radius 3 is 2.54 bits per heavy atom. The van der Waals surface area contributed by atoms with Crippen LogP contribution < -0.4 is 5.32 Å². The second-order valence-corrected chi connectivity index (χ2v) is 5.83. The summed E-state index contributed by atoms with van der Waals surface area (Å²) in [5.74, 6) is -0.399. The van der Waals surface area contributed by atoms with Gasteiger partial charge >= 0.3 is 0 Å². The first-order valence-electron chi connectivity index (χ1n) is 7.74. The van der Waals surface area contributed by atoms with Crippen LogP contribution in [0.5, 0.6) is 0 Å². The molecule has 0 atom stereocenters. The highest BCUT2D eigenvalue weighted by Crippen LogP contribution is 2.17. The molecule has 0 fully saturated rings. The van der Waals surface area contributed by atoms with Crippen molar-refractivity contribution in [2.24, 2.45) is 0 Å². The third-order valence-electron chi connectivity index (χ3n) is 3.62. The Kier molecular flexibility index (Phi) is 5.75. The first-order chi connectivity index (χ1) is 11.5. The molecule has 4 nitrogen and oxygen atoms in total. The predicted molar refractivity (Wildman–Crippen MR) is 96.2 cm³/mol. The van der Waals surface area contributed by atoms with Crippen LogP contribution >= 0.6 is 0 Å². The minimum absolute atomic E-state index is 0.0772. The molecule has 1 N–H and O–H groups in total. The number of anilines is 1. The Morgan fingerprint density at radius 1 is 1.21 bits per heavy atom. The van der Waals surface area contributed by atoms with E-state index in [4.69, 9.17) is 0 Å². The van der Waals surface area contributed by atoms with E-state index in [9.17, 15) is 10.1 Å². The molecule has 0 spiro atoms. The van der Waals surface area contributed by atoms with E-state index >= 15 is 0 Å². The number of hydrogen-bond donors (Lipinski definition) is 1. The number of nitrogens with one attached hydrogen (secondary N) is 1. The summed E-state index contributed by atoms with van der Waals surface area (Å²) in [6, 6.07) is 17.6. The molecule has 0 bridgehead atoms. The van der Waals surface area contributed by atoms with Gasteiger partial charge in [-0.15, -0.1) is 0 Å². The highest BCUT2D eigenvalue weighted by molar-refractivity contribution is 6.06. The lowest BCUT2D eigenvalue weighted by Crippen LogP contribution is -2.18. The molecule has 0 radical (unpaired) electrons. The van der Waals surface area contributed by atoms with Crippen molar-refractivity contribution in [3.8, 4) is 6.07 Å². The second kappa shape index (κ2) is 7.98. The van der Waals surface area contributed by atoms with Gasteiger partial charge in [0.25, 0.3) is 5.91 Å². The molecule has 0 aliphatic carbocycles. The number of benzene rings is 2. The van der Waals surface area contributed by atoms with Crippen molar-refractivity contribution in [3.63, 3.8) is 0 Å². The van der Waals surface area contributed by atoms with Gasteiger partial charge in [0.2, 0.25) is 0 Å². The Labute approximate surface area is 143 Å². The molecule has 4 heteroatoms. The summed E-state index contributed by atoms with van der Waals surface area (Å²) in [7, 11) is 1.84. The number of rotatable bonds is 5. The van der Waals surface area contributed by atoms with Crippen molar-refractivity contribution >= 4 is 11.6 Å². The van der Waals surface area contributed by atoms with Crippen molar-refractivity contribution in [1.82, 2.24) is 4.90 Å². The third kappa shape index (κ3) is 4.72. The summed E-state index contributed by atoms with van der Waals surface area (Å²) in [4.78, 5) is 14.2. The predicted octanol–water partition coefficient (Wildman–Crippen LogP) is 3.78. The minimum Gasteiger partial charge on any atom is -0.375 e. The quantitative estimate of drug-likeness (QED) is 0.674. The molecule has 2 aromatic carbocycles. The summed E-state index contributed by atoms with van der Waals surface area (Å²) >= 11 is 0. The standard InChI is InChI=1S/C20H21N3O/c1-15-9-10-19(16(2)11-15)22-20(24)18(12-21)14-23(3)13-17-7-5-4-6-8-17/h4-11,14H,13H2,1-3H3,(H,22,24)/b18-14-. The summed E-state index contributed by atoms with van der Waals surface area (Å²) in [5, 5.41) is 12.1. The molecule has 0 heterocycles. The average Bonchev–Trinajstić information content (AvgIpc) is 2.56. The van der Waals surface area contributed by atoms with Gasteiger partial charge in [-0.25, -0.2) is 0 Å². The highest BCUT2D eigenvalue weighted by atomic mass is 16.1. The lowest BCUT2D eigenvalue weighted by atomic mass is 10.1. The van der Waals surface area contributed by atoms with Gasteiger partial charge in [-0.1, -0.05) is 48.0 Å². The first kappa shape index (κ1) is 17.3. The van der Waals surface area contributed by atoms with Crippen LogP contribution in [0.25, 0.3) is 0 Å². The van der Waals surface area contributed by atoms with Crippen molar-refractivity contribution < 1.29 is 4.79 Å². The largest absolute Gasteiger partial charge is 0.375 e. The van der Waals surface area contributed by atoms with E-state index in [0.29, 0.717) is 6.54 Å². The molecule has 0 saturated carbocycles. The Balaban J connectivity index is 2.09. The lowest BCUT2D eigenvalue weighted by Gasteiger charge is -2.15. The summed E-state index contributed by atoms with van der Waals surface area (Å²) in [6.45, 7) is 4.56. The third-order valence-corrected chi connectivity index (χ3v) is 3.62. The maximum Gasteiger partial charge on any atom is 0.267 e. The number of carbonyl (C=O) groups excluding carboxylic acids is 1. The fourth-order valence-electron chi connectivity index (χ4n) is 2.42. The van der Waals surface area contributed by atoms with Crippen LogP contribution in [0.15, 0.2) is 60.3 Å². The molecular formula is C20H21N3O. The van der Waals surface area contributed by atoms with Crippen molar-refractivity contribution in [2.45, 2.75) is 20.4 Å². The number of carbonyl (C=O) groups is 1. The molecule has 0 aliphatic rings. The molecule has 24 heavy (non-hydrogen) atoms. The number of aryl methyl sites for hydroxylation is 2. The number of hydrogen-bond acceptors (Lipinski definition) is 3. The van der Waals surface area contributed by atoms with E-state index in [-0.39, 0.29) is 5.57 Å². The lowest BCUT2D eigenvalue weighted by molar-refractivity contribution is -0.112. The zero-order valence-electron chi connectivity index (χ0n) is 14.2. The van der Waals surface area contributed by atoms with Crippen molar-refractivity contribution in [2.75, 3.05) is 12.4 Å². The van der Waals surface area contributed by atoms with Gasteiger partial charge in [-0.05, 0) is 31.0 Å². The molecule has 0 aromatic heterocycles. The smallest absolute Gasteiger partial charge is 0.267 e. The summed E-state index contributed by atoms with van der Waals surface area (Å²) in [5.41, 5.74) is 4.01. The van der Waals surface area contributed by atoms with Crippen LogP contribution in [0, 0.1) is 25.2 Å². The average molecular weight is 319 g/mol. The van der Waals surface area contributed by atoms with Crippen LogP contribution in [0.1, 0.15) is 16.7 Å². The Hall–Kier alpha value is -3.06. The normalized spacial score (nSPS) is 10.8. The zero-order valence-corrected chi connectivity index (χ0v) is 14.2. The minimum atomic E-state index is -0.399. The van der Waals surface area contributed by atoms with Crippen molar-refractivity contribution in [1.29, 1.82) is 5.26 Å². The van der Waals surface area contributed by atoms with Gasteiger partial charge in [-0.3, -0.25) is 4.79 Å². The van der Waals surface area contributed by atoms with E-state index in [1.807, 2.05) is 80.4 Å². The molecule has 2 rings (SSSR count). The summed E-state index contributed by atoms with van der Waals surface area (Å²) in [6.07, 6.45) is 1.58. The maximum atomic E-state index is 12.3. The van der Waals surface area contributed by atoms with E-state index in [1.54, 1.807) is 6.20 Å². The summed E-state index contributed by atoms with van der Waals surface area (Å²) < 4.78 is 0. The monoisotopic (exact) mass is 319 g/mol. The molecule has 2 aromatic rings. The van der Waals surface area contributed by atoms with Crippen LogP contribution in [0.2, 0.25) is 0 Å². The van der Waals surface area contributed by atoms with Crippen LogP contribution in [0.4, 0.5) is 5.69 Å². The van der Waals surface area contributed by atoms with Gasteiger partial charge in [0.05, 0.1) is 0 Å². The van der Waals surface area contributed by atoms with Gasteiger partial charge < -0.3 is 10.2 Å². The fraction of sp³-hybridized carbons (Fsp3) is 0.200. The number of nitrogens with zero attached hydrogens (tertiary/aromatic N) is 2. The van der Waals surface area contributed by atoms with Crippen molar-refractivity contribution in [3.05, 3.63) is 77.0 Å². The zero-order chi connectivity index (χ0) is 17.5. The molecule has 0 saturated heterocycles. The number of amides is 1. The van der Waals surface area contributed by atoms with E-state index in [1.165, 1.54) is 0 Å². The Morgan fingerprint density at radius 2 is 1.92 bits per heavy atom. The molecule has 1 amide bonds. The van der Waals surface area contributed by atoms with Crippen LogP contribution in [0.3, 0.4) is 0 Å². The first-order valence-corrected chi connectivity index (χ1v) is 7.74.